The molecule has 1 heterocycles. The highest BCUT2D eigenvalue weighted by Gasteiger charge is 2.29. The summed E-state index contributed by atoms with van der Waals surface area (Å²) < 4.78 is 49.9. The molecule has 0 aromatic rings. The van der Waals surface area contributed by atoms with Crippen LogP contribution in [0.1, 0.15) is 33.1 Å². The molecule has 1 atom stereocenters. The lowest BCUT2D eigenvalue weighted by atomic mass is 10.0. The minimum Gasteiger partial charge on any atom is -0.216 e. The van der Waals surface area contributed by atoms with E-state index >= 15 is 0 Å². The van der Waals surface area contributed by atoms with E-state index in [1.54, 1.807) is 0 Å². The third kappa shape index (κ3) is 6.49. The molecule has 0 saturated carbocycles. The molecular formula is C11H25N3O4S2. The molecule has 0 aromatic heterocycles. The molecule has 7 nitrogen and oxygen atoms in total. The number of nitrogens with one attached hydrogen (secondary N) is 1. The van der Waals surface area contributed by atoms with Crippen molar-refractivity contribution in [1.29, 1.82) is 0 Å². The second-order valence-corrected chi connectivity index (χ2v) is 9.23. The number of hydrogen-bond acceptors (Lipinski definition) is 4. The molecule has 1 aliphatic heterocycles. The fraction of sp³-hybridized carbons (Fsp3) is 1.00. The first-order chi connectivity index (χ1) is 9.10. The maximum atomic E-state index is 12.2. The summed E-state index contributed by atoms with van der Waals surface area (Å²) in [7, 11) is -6.96. The summed E-state index contributed by atoms with van der Waals surface area (Å²) in [6, 6.07) is 0. The number of nitrogens with zero attached hydrogens (tertiary/aromatic N) is 1. The van der Waals surface area contributed by atoms with Gasteiger partial charge in [-0.25, -0.2) is 22.6 Å². The standard InChI is InChI=1S/C11H25N3O4S2/c1-10(2)5-7-19(15,16)14-6-3-4-11(9-14)8-13-20(12,17)18/h10-11,13H,3-9H2,1-2H3,(H2,12,17,18). The molecule has 1 rings (SSSR count). The molecule has 0 aliphatic carbocycles. The lowest BCUT2D eigenvalue weighted by Gasteiger charge is -2.32. The molecule has 9 heteroatoms. The SMILES string of the molecule is CC(C)CCS(=O)(=O)N1CCCC(CNS(N)(=O)=O)C1. The summed E-state index contributed by atoms with van der Waals surface area (Å²) in [4.78, 5) is 0. The lowest BCUT2D eigenvalue weighted by Crippen LogP contribution is -2.45. The minimum absolute atomic E-state index is 0.0177. The Hall–Kier alpha value is -0.220. The lowest BCUT2D eigenvalue weighted by molar-refractivity contribution is 0.267. The second kappa shape index (κ2) is 7.17. The van der Waals surface area contributed by atoms with Crippen molar-refractivity contribution in [3.05, 3.63) is 0 Å². The molecule has 120 valence electrons. The first-order valence-electron chi connectivity index (χ1n) is 6.85. The zero-order valence-corrected chi connectivity index (χ0v) is 13.7. The highest BCUT2D eigenvalue weighted by atomic mass is 32.2. The van der Waals surface area contributed by atoms with Crippen molar-refractivity contribution in [2.24, 2.45) is 17.0 Å². The molecule has 20 heavy (non-hydrogen) atoms. The maximum Gasteiger partial charge on any atom is 0.274 e. The van der Waals surface area contributed by atoms with E-state index in [9.17, 15) is 16.8 Å². The van der Waals surface area contributed by atoms with Gasteiger partial charge in [-0.05, 0) is 31.1 Å². The van der Waals surface area contributed by atoms with Crippen LogP contribution in [0.3, 0.4) is 0 Å². The van der Waals surface area contributed by atoms with E-state index in [0.29, 0.717) is 25.4 Å². The van der Waals surface area contributed by atoms with Crippen LogP contribution in [0.2, 0.25) is 0 Å². The second-order valence-electron chi connectivity index (χ2n) is 5.76. The van der Waals surface area contributed by atoms with Crippen LogP contribution in [0, 0.1) is 11.8 Å². The minimum atomic E-state index is -3.72. The first-order valence-corrected chi connectivity index (χ1v) is 10.0. The van der Waals surface area contributed by atoms with Crippen LogP contribution >= 0.6 is 0 Å². The maximum absolute atomic E-state index is 12.2. The largest absolute Gasteiger partial charge is 0.274 e. The molecule has 0 spiro atoms. The monoisotopic (exact) mass is 327 g/mol. The highest BCUT2D eigenvalue weighted by Crippen LogP contribution is 2.20. The zero-order chi connectivity index (χ0) is 15.4. The Morgan fingerprint density at radius 2 is 1.95 bits per heavy atom. The van der Waals surface area contributed by atoms with Crippen molar-refractivity contribution in [2.75, 3.05) is 25.4 Å². The molecule has 0 aromatic carbocycles. The summed E-state index contributed by atoms with van der Waals surface area (Å²) in [5.74, 6) is 0.477. The van der Waals surface area contributed by atoms with Crippen LogP contribution in [-0.4, -0.2) is 46.5 Å². The summed E-state index contributed by atoms with van der Waals surface area (Å²) in [6.45, 7) is 5.05. The average Bonchev–Trinajstić information content (AvgIpc) is 2.34. The number of rotatable bonds is 7. The van der Waals surface area contributed by atoms with Crippen molar-refractivity contribution in [1.82, 2.24) is 9.03 Å². The fourth-order valence-corrected chi connectivity index (χ4v) is 4.53. The molecule has 1 saturated heterocycles. The third-order valence-corrected chi connectivity index (χ3v) is 5.84. The Balaban J connectivity index is 2.55. The van der Waals surface area contributed by atoms with E-state index in [0.717, 1.165) is 12.8 Å². The van der Waals surface area contributed by atoms with Gasteiger partial charge in [0.05, 0.1) is 5.75 Å². The van der Waals surface area contributed by atoms with Gasteiger partial charge in [0, 0.05) is 19.6 Å². The topological polar surface area (TPSA) is 110 Å². The molecule has 1 fully saturated rings. The van der Waals surface area contributed by atoms with Gasteiger partial charge in [0.15, 0.2) is 0 Å². The van der Waals surface area contributed by atoms with Crippen LogP contribution in [0.15, 0.2) is 0 Å². The molecular weight excluding hydrogens is 302 g/mol. The smallest absolute Gasteiger partial charge is 0.216 e. The van der Waals surface area contributed by atoms with Gasteiger partial charge in [-0.2, -0.15) is 8.42 Å². The van der Waals surface area contributed by atoms with Gasteiger partial charge in [0.1, 0.15) is 0 Å². The average molecular weight is 327 g/mol. The van der Waals surface area contributed by atoms with Crippen molar-refractivity contribution >= 4 is 20.2 Å². The van der Waals surface area contributed by atoms with Gasteiger partial charge in [0.25, 0.3) is 10.2 Å². The van der Waals surface area contributed by atoms with E-state index in [1.165, 1.54) is 4.31 Å². The summed E-state index contributed by atoms with van der Waals surface area (Å²) in [5.41, 5.74) is 0. The van der Waals surface area contributed by atoms with Crippen LogP contribution in [0.25, 0.3) is 0 Å². The molecule has 0 radical (unpaired) electrons. The van der Waals surface area contributed by atoms with Crippen molar-refractivity contribution in [3.8, 4) is 0 Å². The Morgan fingerprint density at radius 1 is 1.30 bits per heavy atom. The zero-order valence-electron chi connectivity index (χ0n) is 12.1. The first kappa shape index (κ1) is 17.8. The molecule has 0 amide bonds. The highest BCUT2D eigenvalue weighted by molar-refractivity contribution is 7.89. The van der Waals surface area contributed by atoms with Gasteiger partial charge in [-0.15, -0.1) is 0 Å². The molecule has 3 N–H and O–H groups in total. The van der Waals surface area contributed by atoms with Gasteiger partial charge < -0.3 is 0 Å². The predicted molar refractivity (Wildman–Crippen MR) is 78.6 cm³/mol. The van der Waals surface area contributed by atoms with Crippen LogP contribution < -0.4 is 9.86 Å². The number of hydrogen-bond donors (Lipinski definition) is 2. The fourth-order valence-electron chi connectivity index (χ4n) is 2.19. The van der Waals surface area contributed by atoms with Crippen LogP contribution in [0.5, 0.6) is 0 Å². The Labute approximate surface area is 122 Å². The third-order valence-electron chi connectivity index (χ3n) is 3.40. The number of sulfonamides is 1. The predicted octanol–water partition coefficient (Wildman–Crippen LogP) is -0.133. The summed E-state index contributed by atoms with van der Waals surface area (Å²) in [5, 5.41) is 4.88. The quantitative estimate of drug-likeness (QED) is 0.678. The summed E-state index contributed by atoms with van der Waals surface area (Å²) >= 11 is 0. The van der Waals surface area contributed by atoms with Crippen molar-refractivity contribution < 1.29 is 16.8 Å². The van der Waals surface area contributed by atoms with Crippen molar-refractivity contribution in [2.45, 2.75) is 33.1 Å². The van der Waals surface area contributed by atoms with Crippen molar-refractivity contribution in [3.63, 3.8) is 0 Å². The van der Waals surface area contributed by atoms with Gasteiger partial charge >= 0.3 is 0 Å². The van der Waals surface area contributed by atoms with Gasteiger partial charge in [-0.3, -0.25) is 0 Å². The van der Waals surface area contributed by atoms with Crippen LogP contribution in [0.4, 0.5) is 0 Å². The van der Waals surface area contributed by atoms with E-state index in [4.69, 9.17) is 5.14 Å². The Kier molecular flexibility index (Phi) is 6.39. The van der Waals surface area contributed by atoms with Gasteiger partial charge in [0.2, 0.25) is 10.0 Å². The Morgan fingerprint density at radius 3 is 2.50 bits per heavy atom. The molecule has 0 bridgehead atoms. The molecule has 1 aliphatic rings. The van der Waals surface area contributed by atoms with E-state index in [2.05, 4.69) is 4.72 Å². The number of piperidine rings is 1. The van der Waals surface area contributed by atoms with E-state index < -0.39 is 20.2 Å². The van der Waals surface area contributed by atoms with E-state index in [-0.39, 0.29) is 18.2 Å². The van der Waals surface area contributed by atoms with Crippen LogP contribution in [-0.2, 0) is 20.2 Å². The Bertz CT molecular complexity index is 502. The van der Waals surface area contributed by atoms with E-state index in [1.807, 2.05) is 13.8 Å². The molecule has 1 unspecified atom stereocenters. The summed E-state index contributed by atoms with van der Waals surface area (Å²) in [6.07, 6.45) is 2.19. The van der Waals surface area contributed by atoms with Gasteiger partial charge in [-0.1, -0.05) is 13.8 Å². The normalized spacial score (nSPS) is 22.3. The number of nitrogens with two attached hydrogens (primary N) is 1.